The molecule has 0 aromatic rings. The molecule has 0 aromatic heterocycles. The van der Waals surface area contributed by atoms with Gasteiger partial charge < -0.3 is 0 Å². The molecule has 3 fully saturated rings. The van der Waals surface area contributed by atoms with Gasteiger partial charge in [-0.3, -0.25) is 14.9 Å². The third-order valence-electron chi connectivity index (χ3n) is 2.13. The van der Waals surface area contributed by atoms with Gasteiger partial charge in [0.15, 0.2) is 0 Å². The summed E-state index contributed by atoms with van der Waals surface area (Å²) in [6, 6.07) is 0. The van der Waals surface area contributed by atoms with Crippen molar-refractivity contribution in [3.8, 4) is 0 Å². The lowest BCUT2D eigenvalue weighted by Crippen LogP contribution is -2.54. The number of nitrogens with one attached hydrogen (secondary N) is 1. The Kier molecular flexibility index (Phi) is 1.68. The zero-order valence-electron chi connectivity index (χ0n) is 5.29. The molecule has 2 saturated heterocycles. The molecule has 2 bridgehead atoms. The second-order valence-electron chi connectivity index (χ2n) is 2.72. The molecule has 0 radical (unpaired) electrons. The lowest BCUT2D eigenvalue weighted by atomic mass is 9.71. The number of piperidine rings is 2. The van der Waals surface area contributed by atoms with Crippen molar-refractivity contribution >= 4 is 24.2 Å². The molecule has 2 amide bonds. The summed E-state index contributed by atoms with van der Waals surface area (Å²) in [4.78, 5) is 21.4. The summed E-state index contributed by atoms with van der Waals surface area (Å²) in [5.74, 6) is 0.186. The van der Waals surface area contributed by atoms with Crippen molar-refractivity contribution in [3.63, 3.8) is 0 Å². The van der Waals surface area contributed by atoms with Gasteiger partial charge in [-0.05, 0) is 12.8 Å². The van der Waals surface area contributed by atoms with E-state index in [1.807, 2.05) is 0 Å². The Bertz CT molecular complexity index is 168. The van der Waals surface area contributed by atoms with E-state index in [9.17, 15) is 9.59 Å². The average Bonchev–Trinajstić information content (AvgIpc) is 1.57. The molecule has 0 unspecified atom stereocenters. The highest BCUT2D eigenvalue weighted by Crippen LogP contribution is 2.37. The van der Waals surface area contributed by atoms with Crippen LogP contribution in [0, 0.1) is 11.8 Å². The molecule has 0 aromatic carbocycles. The van der Waals surface area contributed by atoms with Crippen LogP contribution >= 0.6 is 12.4 Å². The molecule has 1 N–H and O–H groups in total. The first-order chi connectivity index (χ1) is 4.27. The first-order valence-electron chi connectivity index (χ1n) is 3.12. The Morgan fingerprint density at radius 2 is 1.50 bits per heavy atom. The molecule has 3 aliphatic rings. The maximum Gasteiger partial charge on any atom is 0.229 e. The summed E-state index contributed by atoms with van der Waals surface area (Å²) in [5.41, 5.74) is 0. The molecule has 0 spiro atoms. The minimum Gasteiger partial charge on any atom is -0.296 e. The van der Waals surface area contributed by atoms with Crippen molar-refractivity contribution in [2.24, 2.45) is 11.8 Å². The summed E-state index contributed by atoms with van der Waals surface area (Å²) < 4.78 is 0. The number of carbonyl (C=O) groups excluding carboxylic acids is 2. The normalized spacial score (nSPS) is 35.6. The average molecular weight is 162 g/mol. The van der Waals surface area contributed by atoms with Crippen molar-refractivity contribution < 1.29 is 9.59 Å². The topological polar surface area (TPSA) is 46.2 Å². The number of fused-ring (bicyclic) bond motifs is 2. The molecular formula is C6H8ClNO2. The van der Waals surface area contributed by atoms with Crippen LogP contribution in [-0.2, 0) is 9.59 Å². The van der Waals surface area contributed by atoms with Gasteiger partial charge in [0, 0.05) is 11.8 Å². The molecule has 3 rings (SSSR count). The highest BCUT2D eigenvalue weighted by Gasteiger charge is 2.44. The van der Waals surface area contributed by atoms with E-state index in [1.54, 1.807) is 0 Å². The van der Waals surface area contributed by atoms with E-state index in [-0.39, 0.29) is 36.1 Å². The highest BCUT2D eigenvalue weighted by molar-refractivity contribution is 6.02. The monoisotopic (exact) mass is 161 g/mol. The minimum atomic E-state index is -0.0671. The second-order valence-corrected chi connectivity index (χ2v) is 2.72. The number of amides is 2. The van der Waals surface area contributed by atoms with E-state index in [2.05, 4.69) is 5.32 Å². The Balaban J connectivity index is 0.000000500. The van der Waals surface area contributed by atoms with E-state index in [4.69, 9.17) is 0 Å². The fourth-order valence-corrected chi connectivity index (χ4v) is 1.37. The Morgan fingerprint density at radius 3 is 1.70 bits per heavy atom. The van der Waals surface area contributed by atoms with Crippen molar-refractivity contribution in [2.75, 3.05) is 0 Å². The van der Waals surface area contributed by atoms with Crippen LogP contribution in [0.1, 0.15) is 12.8 Å². The lowest BCUT2D eigenvalue weighted by molar-refractivity contribution is -0.148. The standard InChI is InChI=1S/C6H7NO2.ClH/c8-5-3-1-4(2-3)6(9)7-5;/h3-4H,1-2H2,(H,7,8,9);1H. The number of hydrogen-bond acceptors (Lipinski definition) is 2. The Morgan fingerprint density at radius 1 is 1.10 bits per heavy atom. The number of halogens is 1. The predicted octanol–water partition coefficient (Wildman–Crippen LogP) is 0.0908. The Labute approximate surface area is 64.6 Å². The van der Waals surface area contributed by atoms with Gasteiger partial charge >= 0.3 is 0 Å². The van der Waals surface area contributed by atoms with Gasteiger partial charge in [-0.15, -0.1) is 12.4 Å². The third kappa shape index (κ3) is 0.814. The molecule has 1 aliphatic carbocycles. The summed E-state index contributed by atoms with van der Waals surface area (Å²) in [6.45, 7) is 0. The number of imide groups is 1. The van der Waals surface area contributed by atoms with Crippen molar-refractivity contribution in [1.82, 2.24) is 5.32 Å². The van der Waals surface area contributed by atoms with E-state index in [0.29, 0.717) is 0 Å². The molecule has 4 heteroatoms. The van der Waals surface area contributed by atoms with E-state index in [0.717, 1.165) is 12.8 Å². The van der Waals surface area contributed by atoms with Gasteiger partial charge in [0.2, 0.25) is 11.8 Å². The number of rotatable bonds is 0. The minimum absolute atomic E-state index is 0. The van der Waals surface area contributed by atoms with Crippen LogP contribution in [0.25, 0.3) is 0 Å². The fourth-order valence-electron chi connectivity index (χ4n) is 1.37. The van der Waals surface area contributed by atoms with Crippen molar-refractivity contribution in [2.45, 2.75) is 12.8 Å². The first-order valence-corrected chi connectivity index (χ1v) is 3.12. The molecule has 1 saturated carbocycles. The fraction of sp³-hybridized carbons (Fsp3) is 0.667. The van der Waals surface area contributed by atoms with Gasteiger partial charge in [-0.1, -0.05) is 0 Å². The number of hydrogen-bond donors (Lipinski definition) is 1. The van der Waals surface area contributed by atoms with Gasteiger partial charge in [-0.25, -0.2) is 0 Å². The van der Waals surface area contributed by atoms with E-state index < -0.39 is 0 Å². The summed E-state index contributed by atoms with van der Waals surface area (Å²) in [6.07, 6.45) is 1.59. The van der Waals surface area contributed by atoms with Crippen LogP contribution in [0.5, 0.6) is 0 Å². The molecule has 0 atom stereocenters. The van der Waals surface area contributed by atoms with Gasteiger partial charge in [0.1, 0.15) is 0 Å². The van der Waals surface area contributed by atoms with Crippen molar-refractivity contribution in [3.05, 3.63) is 0 Å². The van der Waals surface area contributed by atoms with Gasteiger partial charge in [0.05, 0.1) is 0 Å². The maximum atomic E-state index is 10.7. The van der Waals surface area contributed by atoms with Crippen LogP contribution in [0.4, 0.5) is 0 Å². The summed E-state index contributed by atoms with van der Waals surface area (Å²) >= 11 is 0. The summed E-state index contributed by atoms with van der Waals surface area (Å²) in [7, 11) is 0. The van der Waals surface area contributed by atoms with Crippen LogP contribution in [0.15, 0.2) is 0 Å². The Hall–Kier alpha value is -0.570. The van der Waals surface area contributed by atoms with Crippen molar-refractivity contribution in [1.29, 1.82) is 0 Å². The second kappa shape index (κ2) is 2.23. The smallest absolute Gasteiger partial charge is 0.229 e. The van der Waals surface area contributed by atoms with Crippen LogP contribution < -0.4 is 5.32 Å². The number of carbonyl (C=O) groups is 2. The van der Waals surface area contributed by atoms with E-state index in [1.165, 1.54) is 0 Å². The maximum absolute atomic E-state index is 10.7. The SMILES string of the molecule is Cl.O=C1NC(=O)C2CC1C2. The zero-order valence-corrected chi connectivity index (χ0v) is 6.11. The first kappa shape index (κ1) is 7.54. The molecule has 3 nitrogen and oxygen atoms in total. The van der Waals surface area contributed by atoms with Crippen LogP contribution in [-0.4, -0.2) is 11.8 Å². The van der Waals surface area contributed by atoms with Gasteiger partial charge in [-0.2, -0.15) is 0 Å². The van der Waals surface area contributed by atoms with Gasteiger partial charge in [0.25, 0.3) is 0 Å². The molecule has 56 valence electrons. The lowest BCUT2D eigenvalue weighted by Gasteiger charge is -2.37. The largest absolute Gasteiger partial charge is 0.296 e. The van der Waals surface area contributed by atoms with E-state index >= 15 is 0 Å². The molecule has 2 heterocycles. The van der Waals surface area contributed by atoms with Crippen LogP contribution in [0.2, 0.25) is 0 Å². The quantitative estimate of drug-likeness (QED) is 0.512. The molecule has 2 aliphatic heterocycles. The molecular weight excluding hydrogens is 154 g/mol. The third-order valence-corrected chi connectivity index (χ3v) is 2.13. The molecule has 10 heavy (non-hydrogen) atoms. The summed E-state index contributed by atoms with van der Waals surface area (Å²) in [5, 5.41) is 2.30. The van der Waals surface area contributed by atoms with Crippen LogP contribution in [0.3, 0.4) is 0 Å². The zero-order chi connectivity index (χ0) is 6.43. The highest BCUT2D eigenvalue weighted by atomic mass is 35.5. The predicted molar refractivity (Wildman–Crippen MR) is 36.6 cm³/mol.